The summed E-state index contributed by atoms with van der Waals surface area (Å²) in [6.45, 7) is 6.73. The third-order valence-corrected chi connectivity index (χ3v) is 14.9. The Kier molecular flexibility index (Phi) is 26.4. The molecule has 1 aromatic carbocycles. The third-order valence-electron chi connectivity index (χ3n) is 14.9. The fraction of sp³-hybridized carbons (Fsp3) is 0.750. The second-order valence-electron chi connectivity index (χ2n) is 21.3. The molecule has 0 bridgehead atoms. The van der Waals surface area contributed by atoms with Crippen molar-refractivity contribution in [1.82, 2.24) is 41.7 Å². The monoisotopic (exact) mass is 1090 g/mol. The lowest BCUT2D eigenvalue weighted by Crippen LogP contribution is -2.65. The highest BCUT2D eigenvalue weighted by Gasteiger charge is 2.49. The van der Waals surface area contributed by atoms with E-state index in [2.05, 4.69) is 52.7 Å². The number of unbranched alkanes of at least 4 members (excludes halogenated alkanes) is 5. The van der Waals surface area contributed by atoms with Crippen LogP contribution in [0.5, 0.6) is 5.75 Å². The Hall–Kier alpha value is -5.09. The van der Waals surface area contributed by atoms with Crippen molar-refractivity contribution < 1.29 is 74.4 Å². The van der Waals surface area contributed by atoms with E-state index in [0.717, 1.165) is 55.2 Å². The van der Waals surface area contributed by atoms with Crippen LogP contribution in [0.1, 0.15) is 129 Å². The molecule has 0 aliphatic carbocycles. The van der Waals surface area contributed by atoms with Crippen LogP contribution in [0.15, 0.2) is 24.3 Å². The highest BCUT2D eigenvalue weighted by molar-refractivity contribution is 5.98. The fourth-order valence-corrected chi connectivity index (χ4v) is 10.2. The first-order valence-corrected chi connectivity index (χ1v) is 27.3. The number of aromatic hydroxyl groups is 1. The van der Waals surface area contributed by atoms with Gasteiger partial charge in [0.1, 0.15) is 60.4 Å². The average molecular weight is 1090 g/mol. The topological polar surface area (TPSA) is 412 Å². The van der Waals surface area contributed by atoms with E-state index in [9.17, 15) is 74.4 Å². The van der Waals surface area contributed by atoms with Gasteiger partial charge in [0.25, 0.3) is 0 Å². The number of amides is 7. The Morgan fingerprint density at radius 2 is 1.34 bits per heavy atom. The highest BCUT2D eigenvalue weighted by atomic mass is 16.3. The number of aliphatic hydroxyl groups excluding tert-OH is 7. The second-order valence-corrected chi connectivity index (χ2v) is 21.3. The van der Waals surface area contributed by atoms with Crippen LogP contribution in [0.3, 0.4) is 0 Å². The van der Waals surface area contributed by atoms with Crippen molar-refractivity contribution in [2.75, 3.05) is 32.7 Å². The molecule has 3 aliphatic rings. The molecule has 1 aromatic rings. The molecule has 77 heavy (non-hydrogen) atoms. The summed E-state index contributed by atoms with van der Waals surface area (Å²) >= 11 is 0. The normalized spacial score (nSPS) is 28.6. The number of fused-ring (bicyclic) bond motifs is 2. The van der Waals surface area contributed by atoms with Gasteiger partial charge in [-0.1, -0.05) is 77.8 Å². The van der Waals surface area contributed by atoms with Gasteiger partial charge in [0.2, 0.25) is 41.4 Å². The Labute approximate surface area is 450 Å². The van der Waals surface area contributed by atoms with Gasteiger partial charge in [-0.05, 0) is 68.7 Å². The summed E-state index contributed by atoms with van der Waals surface area (Å²) in [5.41, 5.74) is 11.5. The smallest absolute Gasteiger partial charge is 0.248 e. The minimum absolute atomic E-state index is 0.0257. The van der Waals surface area contributed by atoms with Crippen LogP contribution in [0.4, 0.5) is 0 Å². The number of nitrogens with zero attached hydrogens (tertiary/aromatic N) is 2. The predicted molar refractivity (Wildman–Crippen MR) is 280 cm³/mol. The van der Waals surface area contributed by atoms with Crippen molar-refractivity contribution in [2.24, 2.45) is 23.3 Å². The lowest BCUT2D eigenvalue weighted by Gasteiger charge is -2.35. The number of carbonyl (C=O) groups excluding carboxylic acids is 7. The number of benzene rings is 1. The molecule has 16 atom stereocenters. The molecule has 18 N–H and O–H groups in total. The van der Waals surface area contributed by atoms with Gasteiger partial charge in [0.15, 0.2) is 0 Å². The zero-order chi connectivity index (χ0) is 57.1. The lowest BCUT2D eigenvalue weighted by atomic mass is 9.91. The van der Waals surface area contributed by atoms with Crippen LogP contribution in [0, 0.1) is 11.8 Å². The molecular formula is C52H88N10O15. The molecule has 3 aliphatic heterocycles. The number of carbonyl (C=O) groups is 7. The van der Waals surface area contributed by atoms with E-state index in [1.807, 2.05) is 0 Å². The molecule has 0 saturated carbocycles. The first kappa shape index (κ1) is 64.4. The minimum atomic E-state index is -2.28. The molecule has 3 saturated heterocycles. The maximum atomic E-state index is 14.6. The summed E-state index contributed by atoms with van der Waals surface area (Å²) in [4.78, 5) is 102. The van der Waals surface area contributed by atoms with Crippen LogP contribution < -0.4 is 43.4 Å². The van der Waals surface area contributed by atoms with Gasteiger partial charge in [-0.3, -0.25) is 38.9 Å². The van der Waals surface area contributed by atoms with E-state index in [-0.39, 0.29) is 56.8 Å². The summed E-state index contributed by atoms with van der Waals surface area (Å²) in [5.74, 6) is -6.43. The average Bonchev–Trinajstić information content (AvgIpc) is 3.99. The zero-order valence-corrected chi connectivity index (χ0v) is 45.0. The van der Waals surface area contributed by atoms with Crippen molar-refractivity contribution >= 4 is 41.4 Å². The molecule has 3 heterocycles. The molecule has 25 nitrogen and oxygen atoms in total. The number of nitrogens with one attached hydrogen (secondary N) is 6. The minimum Gasteiger partial charge on any atom is -0.508 e. The highest BCUT2D eigenvalue weighted by Crippen LogP contribution is 2.27. The molecule has 436 valence electrons. The molecule has 0 aromatic heterocycles. The number of hydrogen-bond donors (Lipinski definition) is 16. The largest absolute Gasteiger partial charge is 0.508 e. The molecule has 0 radical (unpaired) electrons. The summed E-state index contributed by atoms with van der Waals surface area (Å²) in [7, 11) is 0. The Balaban J connectivity index is 1.73. The van der Waals surface area contributed by atoms with Crippen molar-refractivity contribution in [3.63, 3.8) is 0 Å². The van der Waals surface area contributed by atoms with E-state index in [1.165, 1.54) is 30.7 Å². The number of aliphatic hydroxyl groups is 7. The molecule has 25 heteroatoms. The predicted octanol–water partition coefficient (Wildman–Crippen LogP) is -3.31. The van der Waals surface area contributed by atoms with E-state index in [0.29, 0.717) is 24.7 Å². The van der Waals surface area contributed by atoms with Gasteiger partial charge < -0.3 is 88.7 Å². The lowest BCUT2D eigenvalue weighted by molar-refractivity contribution is -0.148. The summed E-state index contributed by atoms with van der Waals surface area (Å²) in [5, 5.41) is 104. The number of hydrogen-bond acceptors (Lipinski definition) is 18. The van der Waals surface area contributed by atoms with Crippen LogP contribution in [0.25, 0.3) is 0 Å². The quantitative estimate of drug-likeness (QED) is 0.0477. The third kappa shape index (κ3) is 18.8. The first-order valence-electron chi connectivity index (χ1n) is 27.3. The second kappa shape index (κ2) is 31.5. The van der Waals surface area contributed by atoms with Crippen LogP contribution >= 0.6 is 0 Å². The van der Waals surface area contributed by atoms with E-state index in [4.69, 9.17) is 11.5 Å². The van der Waals surface area contributed by atoms with Gasteiger partial charge >= 0.3 is 0 Å². The van der Waals surface area contributed by atoms with Crippen LogP contribution in [-0.4, -0.2) is 204 Å². The van der Waals surface area contributed by atoms with Gasteiger partial charge in [0, 0.05) is 45.4 Å². The molecular weight excluding hydrogens is 1000 g/mol. The van der Waals surface area contributed by atoms with Crippen molar-refractivity contribution in [3.8, 4) is 5.75 Å². The van der Waals surface area contributed by atoms with Gasteiger partial charge in [-0.2, -0.15) is 0 Å². The molecule has 3 fully saturated rings. The molecule has 7 amide bonds. The number of rotatable bonds is 23. The standard InChI is InChI=1S/C52H88N10O15/c1-5-28(2)24-29(3)12-10-8-6-7-9-11-13-39(69)56-34-26-38(68)46(55-22-21-54)60-50(75)43-37(67)19-23-61(43)52(77)41(36(66)18-20-53)58-49(74)42(45(71)44(70)31-14-16-32(64)17-15-31)59-48(73)35-25-33(65)27-62(35)51(76)40(30(4)63)57-47(34)72/h14-17,28-30,33-38,40-46,55,63-68,70-71H,5-13,18-27,53-54H2,1-4H3,(H,56,69)(H,57,72)(H,58,74)(H,59,73)(H,60,75)/t28-,29+,30+,33+,34-,35-,36+,37-,38+,40?,41-,42?,43-,44-,45-,46+/m0/s1. The molecule has 0 spiro atoms. The number of nitrogens with two attached hydrogens (primary N) is 2. The maximum absolute atomic E-state index is 14.6. The molecule has 2 unspecified atom stereocenters. The van der Waals surface area contributed by atoms with Crippen LogP contribution in [-0.2, 0) is 33.6 Å². The Morgan fingerprint density at radius 1 is 0.714 bits per heavy atom. The van der Waals surface area contributed by atoms with Crippen molar-refractivity contribution in [3.05, 3.63) is 29.8 Å². The van der Waals surface area contributed by atoms with Crippen molar-refractivity contribution in [2.45, 2.75) is 203 Å². The SMILES string of the molecule is CC[C@H](C)C[C@H](C)CCCCCCCCC(=O)N[C@H]1C[C@@H](O)[C@H](NCCN)NC(=O)[C@@H]2[C@@H](O)CCN2C(=O)[C@H]([C@H](O)CCN)NC(=O)C([C@H](O)[C@@H](O)c2ccc(O)cc2)NC(=O)[C@@H]2C[C@@H](O)CN2C(=O)C([C@@H](C)O)NC1=O. The van der Waals surface area contributed by atoms with Gasteiger partial charge in [-0.25, -0.2) is 0 Å². The van der Waals surface area contributed by atoms with E-state index in [1.54, 1.807) is 0 Å². The summed E-state index contributed by atoms with van der Waals surface area (Å²) in [6.07, 6.45) is -6.95. The molecule has 4 rings (SSSR count). The van der Waals surface area contributed by atoms with E-state index >= 15 is 0 Å². The number of phenolic OH excluding ortho intramolecular Hbond substituents is 1. The Morgan fingerprint density at radius 3 is 1.97 bits per heavy atom. The van der Waals surface area contributed by atoms with E-state index < -0.39 is 146 Å². The summed E-state index contributed by atoms with van der Waals surface area (Å²) in [6, 6.07) is -6.40. The summed E-state index contributed by atoms with van der Waals surface area (Å²) < 4.78 is 0. The fourth-order valence-electron chi connectivity index (χ4n) is 10.2. The Bertz CT molecular complexity index is 2070. The van der Waals surface area contributed by atoms with Crippen molar-refractivity contribution in [1.29, 1.82) is 0 Å². The van der Waals surface area contributed by atoms with Crippen LogP contribution in [0.2, 0.25) is 0 Å². The van der Waals surface area contributed by atoms with Gasteiger partial charge in [-0.15, -0.1) is 0 Å². The first-order chi connectivity index (χ1) is 36.5. The van der Waals surface area contributed by atoms with Gasteiger partial charge in [0.05, 0.1) is 30.5 Å². The zero-order valence-electron chi connectivity index (χ0n) is 45.0. The number of phenols is 1. The maximum Gasteiger partial charge on any atom is 0.248 e.